The Morgan fingerprint density at radius 1 is 1.10 bits per heavy atom. The highest BCUT2D eigenvalue weighted by molar-refractivity contribution is 7.17. The second-order valence-electron chi connectivity index (χ2n) is 6.32. The number of hydrogen-bond donors (Lipinski definition) is 1. The standard InChI is InChI=1S/C21H19N3O4S/c1-12-18(29-20(23-12)17-6-4-5-11-22-17)21(27)28-14(3)19(26)24-16-9-7-15(8-10-16)13(2)25/h4-11,14H,1-3H3,(H,24,26)/t14-/m1/s1. The van der Waals surface area contributed by atoms with Crippen LogP contribution in [0.1, 0.15) is 39.6 Å². The Labute approximate surface area is 171 Å². The first-order valence-corrected chi connectivity index (χ1v) is 9.68. The van der Waals surface area contributed by atoms with Crippen molar-refractivity contribution in [3.63, 3.8) is 0 Å². The van der Waals surface area contributed by atoms with Crippen LogP contribution < -0.4 is 5.32 Å². The molecule has 0 saturated carbocycles. The molecule has 29 heavy (non-hydrogen) atoms. The zero-order chi connectivity index (χ0) is 21.0. The molecule has 2 heterocycles. The van der Waals surface area contributed by atoms with Gasteiger partial charge in [-0.3, -0.25) is 14.6 Å². The van der Waals surface area contributed by atoms with Gasteiger partial charge in [0.2, 0.25) is 0 Å². The van der Waals surface area contributed by atoms with E-state index in [0.717, 1.165) is 0 Å². The molecule has 0 bridgehead atoms. The Bertz CT molecular complexity index is 1050. The molecule has 1 amide bonds. The lowest BCUT2D eigenvalue weighted by Gasteiger charge is -2.13. The van der Waals surface area contributed by atoms with Gasteiger partial charge in [0, 0.05) is 17.4 Å². The number of aromatic nitrogens is 2. The molecule has 0 aliphatic heterocycles. The van der Waals surface area contributed by atoms with E-state index >= 15 is 0 Å². The van der Waals surface area contributed by atoms with Crippen LogP contribution in [0.25, 0.3) is 10.7 Å². The SMILES string of the molecule is CC(=O)c1ccc(NC(=O)[C@@H](C)OC(=O)c2sc(-c3ccccn3)nc2C)cc1. The molecule has 0 spiro atoms. The van der Waals surface area contributed by atoms with Gasteiger partial charge >= 0.3 is 5.97 Å². The van der Waals surface area contributed by atoms with Crippen LogP contribution in [-0.2, 0) is 9.53 Å². The van der Waals surface area contributed by atoms with Gasteiger partial charge in [-0.05, 0) is 57.2 Å². The lowest BCUT2D eigenvalue weighted by molar-refractivity contribution is -0.123. The fraction of sp³-hybridized carbons (Fsp3) is 0.190. The van der Waals surface area contributed by atoms with Crippen molar-refractivity contribution in [2.24, 2.45) is 0 Å². The third-order valence-corrected chi connectivity index (χ3v) is 5.24. The summed E-state index contributed by atoms with van der Waals surface area (Å²) >= 11 is 1.17. The quantitative estimate of drug-likeness (QED) is 0.490. The molecule has 0 radical (unpaired) electrons. The number of carbonyl (C=O) groups excluding carboxylic acids is 3. The molecule has 0 unspecified atom stereocenters. The summed E-state index contributed by atoms with van der Waals surface area (Å²) in [5, 5.41) is 3.27. The Hall–Kier alpha value is -3.39. The number of esters is 1. The molecular formula is C21H19N3O4S. The molecule has 2 aromatic heterocycles. The average molecular weight is 409 g/mol. The molecule has 1 atom stereocenters. The highest BCUT2D eigenvalue weighted by Crippen LogP contribution is 2.27. The van der Waals surface area contributed by atoms with Crippen molar-refractivity contribution in [2.45, 2.75) is 26.9 Å². The number of ether oxygens (including phenoxy) is 1. The van der Waals surface area contributed by atoms with Gasteiger partial charge in [0.05, 0.1) is 11.4 Å². The van der Waals surface area contributed by atoms with Gasteiger partial charge < -0.3 is 10.1 Å². The van der Waals surface area contributed by atoms with Crippen LogP contribution >= 0.6 is 11.3 Å². The van der Waals surface area contributed by atoms with Gasteiger partial charge in [0.1, 0.15) is 9.88 Å². The highest BCUT2D eigenvalue weighted by Gasteiger charge is 2.23. The van der Waals surface area contributed by atoms with Crippen molar-refractivity contribution in [1.29, 1.82) is 0 Å². The van der Waals surface area contributed by atoms with Gasteiger partial charge in [-0.15, -0.1) is 11.3 Å². The van der Waals surface area contributed by atoms with Crippen molar-refractivity contribution in [2.75, 3.05) is 5.32 Å². The molecule has 3 rings (SSSR count). The summed E-state index contributed by atoms with van der Waals surface area (Å²) in [6.07, 6.45) is 0.647. The van der Waals surface area contributed by atoms with E-state index in [2.05, 4.69) is 15.3 Å². The molecule has 8 heteroatoms. The number of hydrogen-bond acceptors (Lipinski definition) is 7. The maximum Gasteiger partial charge on any atom is 0.351 e. The first-order valence-electron chi connectivity index (χ1n) is 8.87. The Morgan fingerprint density at radius 3 is 2.45 bits per heavy atom. The normalized spacial score (nSPS) is 11.6. The molecular weight excluding hydrogens is 390 g/mol. The second-order valence-corrected chi connectivity index (χ2v) is 7.32. The van der Waals surface area contributed by atoms with Gasteiger partial charge in [0.25, 0.3) is 5.91 Å². The lowest BCUT2D eigenvalue weighted by Crippen LogP contribution is -2.30. The van der Waals surface area contributed by atoms with Crippen LogP contribution in [0.3, 0.4) is 0 Å². The minimum Gasteiger partial charge on any atom is -0.448 e. The number of nitrogens with zero attached hydrogens (tertiary/aromatic N) is 2. The molecule has 0 saturated heterocycles. The van der Waals surface area contributed by atoms with Crippen molar-refractivity contribution in [3.05, 3.63) is 64.8 Å². The summed E-state index contributed by atoms with van der Waals surface area (Å²) in [6, 6.07) is 11.9. The van der Waals surface area contributed by atoms with Gasteiger partial charge in [-0.1, -0.05) is 6.07 Å². The van der Waals surface area contributed by atoms with Crippen molar-refractivity contribution in [1.82, 2.24) is 9.97 Å². The van der Waals surface area contributed by atoms with Crippen molar-refractivity contribution in [3.8, 4) is 10.7 Å². The van der Waals surface area contributed by atoms with E-state index < -0.39 is 18.0 Å². The monoisotopic (exact) mass is 409 g/mol. The van der Waals surface area contributed by atoms with E-state index in [1.807, 2.05) is 6.07 Å². The highest BCUT2D eigenvalue weighted by atomic mass is 32.1. The number of pyridine rings is 1. The zero-order valence-electron chi connectivity index (χ0n) is 16.1. The number of aryl methyl sites for hydroxylation is 1. The summed E-state index contributed by atoms with van der Waals surface area (Å²) in [6.45, 7) is 4.67. The Morgan fingerprint density at radius 2 is 1.83 bits per heavy atom. The van der Waals surface area contributed by atoms with Crippen LogP contribution in [0.5, 0.6) is 0 Å². The molecule has 3 aromatic rings. The topological polar surface area (TPSA) is 98.2 Å². The summed E-state index contributed by atoms with van der Waals surface area (Å²) < 4.78 is 5.31. The summed E-state index contributed by atoms with van der Waals surface area (Å²) in [5.74, 6) is -1.15. The predicted molar refractivity (Wildman–Crippen MR) is 110 cm³/mol. The number of ketones is 1. The van der Waals surface area contributed by atoms with E-state index in [4.69, 9.17) is 4.74 Å². The van der Waals surface area contributed by atoms with E-state index in [1.165, 1.54) is 25.2 Å². The lowest BCUT2D eigenvalue weighted by atomic mass is 10.1. The minimum atomic E-state index is -1.00. The Kier molecular flexibility index (Phi) is 6.13. The van der Waals surface area contributed by atoms with Crippen molar-refractivity contribution < 1.29 is 19.1 Å². The first-order chi connectivity index (χ1) is 13.8. The average Bonchev–Trinajstić information content (AvgIpc) is 3.11. The van der Waals surface area contributed by atoms with Crippen LogP contribution in [0.2, 0.25) is 0 Å². The summed E-state index contributed by atoms with van der Waals surface area (Å²) in [5.41, 5.74) is 2.24. The van der Waals surface area contributed by atoms with Crippen LogP contribution in [0.4, 0.5) is 5.69 Å². The largest absolute Gasteiger partial charge is 0.448 e. The van der Waals surface area contributed by atoms with E-state index in [9.17, 15) is 14.4 Å². The minimum absolute atomic E-state index is 0.0600. The van der Waals surface area contributed by atoms with Crippen LogP contribution in [0, 0.1) is 6.92 Å². The van der Waals surface area contributed by atoms with E-state index in [0.29, 0.717) is 32.5 Å². The van der Waals surface area contributed by atoms with Gasteiger partial charge in [0.15, 0.2) is 11.9 Å². The number of rotatable bonds is 6. The number of thiazole rings is 1. The fourth-order valence-electron chi connectivity index (χ4n) is 2.48. The number of carbonyl (C=O) groups is 3. The van der Waals surface area contributed by atoms with E-state index in [1.54, 1.807) is 49.5 Å². The fourth-order valence-corrected chi connectivity index (χ4v) is 3.41. The first kappa shape index (κ1) is 20.3. The maximum atomic E-state index is 12.5. The summed E-state index contributed by atoms with van der Waals surface area (Å²) in [4.78, 5) is 45.1. The number of Topliss-reactive ketones (excluding diaryl/α,β-unsaturated/α-hetero) is 1. The number of anilines is 1. The van der Waals surface area contributed by atoms with Gasteiger partial charge in [-0.2, -0.15) is 0 Å². The molecule has 7 nitrogen and oxygen atoms in total. The smallest absolute Gasteiger partial charge is 0.351 e. The Balaban J connectivity index is 1.65. The molecule has 0 aliphatic carbocycles. The molecule has 1 N–H and O–H groups in total. The third kappa shape index (κ3) is 4.91. The maximum absolute atomic E-state index is 12.5. The predicted octanol–water partition coefficient (Wildman–Crippen LogP) is 3.90. The van der Waals surface area contributed by atoms with Crippen LogP contribution in [0.15, 0.2) is 48.7 Å². The number of benzene rings is 1. The number of amides is 1. The third-order valence-electron chi connectivity index (χ3n) is 4.08. The van der Waals surface area contributed by atoms with Crippen molar-refractivity contribution >= 4 is 34.7 Å². The number of nitrogens with one attached hydrogen (secondary N) is 1. The molecule has 0 aliphatic rings. The molecule has 1 aromatic carbocycles. The summed E-state index contributed by atoms with van der Waals surface area (Å²) in [7, 11) is 0. The van der Waals surface area contributed by atoms with Crippen LogP contribution in [-0.4, -0.2) is 33.7 Å². The van der Waals surface area contributed by atoms with E-state index in [-0.39, 0.29) is 5.78 Å². The molecule has 0 fully saturated rings. The molecule has 148 valence electrons. The second kappa shape index (κ2) is 8.74. The van der Waals surface area contributed by atoms with Gasteiger partial charge in [-0.25, -0.2) is 9.78 Å². The zero-order valence-corrected chi connectivity index (χ0v) is 16.9.